The van der Waals surface area contributed by atoms with Crippen LogP contribution in [0.2, 0.25) is 5.02 Å². The van der Waals surface area contributed by atoms with Crippen LogP contribution in [-0.4, -0.2) is 58.4 Å². The fraction of sp³-hybridized carbons (Fsp3) is 0.444. The number of carboxylic acids is 1. The molecule has 2 aromatic carbocycles. The van der Waals surface area contributed by atoms with Gasteiger partial charge in [-0.1, -0.05) is 54.1 Å². The molecule has 0 radical (unpaired) electrons. The van der Waals surface area contributed by atoms with Crippen LogP contribution < -0.4 is 0 Å². The van der Waals surface area contributed by atoms with Gasteiger partial charge in [-0.05, 0) is 55.4 Å². The molecule has 1 saturated carbocycles. The van der Waals surface area contributed by atoms with Crippen molar-refractivity contribution in [3.8, 4) is 0 Å². The Bertz CT molecular complexity index is 1040. The van der Waals surface area contributed by atoms with Gasteiger partial charge >= 0.3 is 12.1 Å². The standard InChI is InChI=1S/C27H31ClF3N3O3/c28-23-10-6-21(7-11-23)18-33(17-15-20-4-2-1-3-5-20)25(35)14-16-32-34(19-27(29,30)31)24-12-8-22(9-13-24)26(36)37/h1-7,10-11,16,22,24H,8-9,12-15,17-19H2,(H,36,37)/b32-16-. The Hall–Kier alpha value is -3.07. The molecule has 0 aromatic heterocycles. The maximum absolute atomic E-state index is 13.2. The van der Waals surface area contributed by atoms with Crippen molar-refractivity contribution in [3.05, 3.63) is 70.7 Å². The van der Waals surface area contributed by atoms with Crippen molar-refractivity contribution in [2.24, 2.45) is 11.0 Å². The molecule has 1 aliphatic rings. The molecule has 0 saturated heterocycles. The molecule has 0 bridgehead atoms. The molecule has 1 aliphatic carbocycles. The van der Waals surface area contributed by atoms with Crippen molar-refractivity contribution in [1.82, 2.24) is 9.91 Å². The lowest BCUT2D eigenvalue weighted by molar-refractivity contribution is -0.155. The van der Waals surface area contributed by atoms with Gasteiger partial charge in [-0.3, -0.25) is 14.6 Å². The fourth-order valence-corrected chi connectivity index (χ4v) is 4.56. The summed E-state index contributed by atoms with van der Waals surface area (Å²) in [5.41, 5.74) is 1.95. The van der Waals surface area contributed by atoms with Gasteiger partial charge in [0.2, 0.25) is 5.91 Å². The first-order chi connectivity index (χ1) is 17.6. The lowest BCUT2D eigenvalue weighted by Crippen LogP contribution is -2.41. The first-order valence-electron chi connectivity index (χ1n) is 12.3. The van der Waals surface area contributed by atoms with E-state index in [0.29, 0.717) is 50.2 Å². The van der Waals surface area contributed by atoms with Crippen molar-refractivity contribution in [2.45, 2.75) is 57.3 Å². The number of hydrogen-bond acceptors (Lipinski definition) is 4. The number of hydrazone groups is 1. The van der Waals surface area contributed by atoms with Crippen molar-refractivity contribution < 1.29 is 27.9 Å². The van der Waals surface area contributed by atoms with Crippen LogP contribution in [0.1, 0.15) is 43.2 Å². The molecule has 0 heterocycles. The summed E-state index contributed by atoms with van der Waals surface area (Å²) < 4.78 is 39.7. The van der Waals surface area contributed by atoms with Crippen LogP contribution >= 0.6 is 11.6 Å². The van der Waals surface area contributed by atoms with Crippen molar-refractivity contribution >= 4 is 29.7 Å². The second kappa shape index (κ2) is 13.5. The summed E-state index contributed by atoms with van der Waals surface area (Å²) in [5.74, 6) is -1.72. The molecule has 6 nitrogen and oxygen atoms in total. The summed E-state index contributed by atoms with van der Waals surface area (Å²) in [6.07, 6.45) is -1.55. The van der Waals surface area contributed by atoms with Gasteiger partial charge in [0.1, 0.15) is 6.54 Å². The van der Waals surface area contributed by atoms with Crippen LogP contribution in [0.15, 0.2) is 59.7 Å². The van der Waals surface area contributed by atoms with Gasteiger partial charge in [0.15, 0.2) is 0 Å². The predicted octanol–water partition coefficient (Wildman–Crippen LogP) is 5.79. The molecule has 200 valence electrons. The molecule has 0 spiro atoms. The van der Waals surface area contributed by atoms with Crippen LogP contribution in [-0.2, 0) is 22.6 Å². The average Bonchev–Trinajstić information content (AvgIpc) is 2.87. The number of alkyl halides is 3. The average molecular weight is 538 g/mol. The largest absolute Gasteiger partial charge is 0.481 e. The third-order valence-corrected chi connectivity index (χ3v) is 6.71. The molecule has 10 heteroatoms. The van der Waals surface area contributed by atoms with Gasteiger partial charge in [-0.2, -0.15) is 18.3 Å². The molecule has 0 unspecified atom stereocenters. The van der Waals surface area contributed by atoms with Gasteiger partial charge in [0.05, 0.1) is 12.3 Å². The third kappa shape index (κ3) is 9.72. The van der Waals surface area contributed by atoms with Crippen LogP contribution in [0.5, 0.6) is 0 Å². The number of nitrogens with zero attached hydrogens (tertiary/aromatic N) is 3. The highest BCUT2D eigenvalue weighted by Gasteiger charge is 2.36. The highest BCUT2D eigenvalue weighted by Crippen LogP contribution is 2.30. The minimum Gasteiger partial charge on any atom is -0.481 e. The quantitative estimate of drug-likeness (QED) is 0.291. The summed E-state index contributed by atoms with van der Waals surface area (Å²) in [7, 11) is 0. The van der Waals surface area contributed by atoms with Crippen molar-refractivity contribution in [3.63, 3.8) is 0 Å². The summed E-state index contributed by atoms with van der Waals surface area (Å²) in [4.78, 5) is 26.0. The molecular weight excluding hydrogens is 507 g/mol. The Morgan fingerprint density at radius 3 is 2.24 bits per heavy atom. The SMILES string of the molecule is O=C(O)C1CCC(N(CC(F)(F)F)/N=C\CC(=O)N(CCc2ccccc2)Cc2ccc(Cl)cc2)CC1. The number of benzene rings is 2. The zero-order chi connectivity index (χ0) is 26.8. The first-order valence-corrected chi connectivity index (χ1v) is 12.6. The molecule has 0 atom stereocenters. The predicted molar refractivity (Wildman–Crippen MR) is 136 cm³/mol. The van der Waals surface area contributed by atoms with Crippen LogP contribution in [0.4, 0.5) is 13.2 Å². The molecule has 3 rings (SSSR count). The number of carbonyl (C=O) groups is 2. The second-order valence-corrected chi connectivity index (χ2v) is 9.67. The maximum atomic E-state index is 13.2. The summed E-state index contributed by atoms with van der Waals surface area (Å²) in [5, 5.41) is 14.7. The van der Waals surface area contributed by atoms with E-state index in [-0.39, 0.29) is 12.3 Å². The van der Waals surface area contributed by atoms with Crippen LogP contribution in [0, 0.1) is 5.92 Å². The number of carboxylic acid groups (broad SMARTS) is 1. The fourth-order valence-electron chi connectivity index (χ4n) is 4.43. The molecule has 0 aliphatic heterocycles. The minimum absolute atomic E-state index is 0.152. The van der Waals surface area contributed by atoms with Gasteiger partial charge in [0.25, 0.3) is 0 Å². The van der Waals surface area contributed by atoms with E-state index in [1.165, 1.54) is 6.21 Å². The molecule has 1 fully saturated rings. The van der Waals surface area contributed by atoms with E-state index in [1.807, 2.05) is 42.5 Å². The molecular formula is C27H31ClF3N3O3. The maximum Gasteiger partial charge on any atom is 0.407 e. The van der Waals surface area contributed by atoms with Gasteiger partial charge in [-0.25, -0.2) is 0 Å². The van der Waals surface area contributed by atoms with E-state index in [1.54, 1.807) is 17.0 Å². The Kier molecular flexibility index (Phi) is 10.4. The van der Waals surface area contributed by atoms with E-state index >= 15 is 0 Å². The summed E-state index contributed by atoms with van der Waals surface area (Å²) in [6.45, 7) is -0.477. The number of halogens is 4. The second-order valence-electron chi connectivity index (χ2n) is 9.24. The number of rotatable bonds is 11. The highest BCUT2D eigenvalue weighted by atomic mass is 35.5. The van der Waals surface area contributed by atoms with Crippen molar-refractivity contribution in [2.75, 3.05) is 13.1 Å². The van der Waals surface area contributed by atoms with E-state index in [2.05, 4.69) is 5.10 Å². The first kappa shape index (κ1) is 28.5. The van der Waals surface area contributed by atoms with Crippen LogP contribution in [0.3, 0.4) is 0 Å². The lowest BCUT2D eigenvalue weighted by Gasteiger charge is -2.34. The molecule has 1 N–H and O–H groups in total. The van der Waals surface area contributed by atoms with E-state index < -0.39 is 30.7 Å². The zero-order valence-corrected chi connectivity index (χ0v) is 21.2. The monoisotopic (exact) mass is 537 g/mol. The number of amides is 1. The Morgan fingerprint density at radius 1 is 1.00 bits per heavy atom. The van der Waals surface area contributed by atoms with Crippen LogP contribution in [0.25, 0.3) is 0 Å². The molecule has 2 aromatic rings. The zero-order valence-electron chi connectivity index (χ0n) is 20.4. The minimum atomic E-state index is -4.47. The van der Waals surface area contributed by atoms with Gasteiger partial charge in [-0.15, -0.1) is 0 Å². The Morgan fingerprint density at radius 2 is 1.65 bits per heavy atom. The number of carbonyl (C=O) groups excluding carboxylic acids is 1. The van der Waals surface area contributed by atoms with E-state index in [4.69, 9.17) is 16.7 Å². The molecule has 37 heavy (non-hydrogen) atoms. The van der Waals surface area contributed by atoms with Gasteiger partial charge < -0.3 is 10.0 Å². The topological polar surface area (TPSA) is 73.2 Å². The Labute approximate surface area is 219 Å². The Balaban J connectivity index is 1.66. The van der Waals surface area contributed by atoms with Gasteiger partial charge in [0, 0.05) is 30.4 Å². The smallest absolute Gasteiger partial charge is 0.407 e. The van der Waals surface area contributed by atoms with E-state index in [0.717, 1.165) is 16.1 Å². The molecule has 1 amide bonds. The normalized spacial score (nSPS) is 18.1. The lowest BCUT2D eigenvalue weighted by atomic mass is 9.86. The number of aliphatic carboxylic acids is 1. The summed E-state index contributed by atoms with van der Waals surface area (Å²) >= 11 is 5.97. The van der Waals surface area contributed by atoms with E-state index in [9.17, 15) is 22.8 Å². The third-order valence-electron chi connectivity index (χ3n) is 6.46. The number of hydrogen-bond donors (Lipinski definition) is 1. The van der Waals surface area contributed by atoms with Crippen molar-refractivity contribution in [1.29, 1.82) is 0 Å². The summed E-state index contributed by atoms with van der Waals surface area (Å²) in [6, 6.07) is 16.3. The highest BCUT2D eigenvalue weighted by molar-refractivity contribution is 6.30.